The molecular formula is C12H9Br. The third-order valence-electron chi connectivity index (χ3n) is 2.83. The lowest BCUT2D eigenvalue weighted by atomic mass is 10.1. The summed E-state index contributed by atoms with van der Waals surface area (Å²) < 4.78 is 1.27. The van der Waals surface area contributed by atoms with E-state index in [-0.39, 0.29) is 0 Å². The zero-order valence-electron chi connectivity index (χ0n) is 7.18. The fraction of sp³-hybridized carbons (Fsp3) is 0.167. The highest BCUT2D eigenvalue weighted by Gasteiger charge is 2.15. The average Bonchev–Trinajstić information content (AvgIpc) is 2.57. The Morgan fingerprint density at radius 1 is 1.00 bits per heavy atom. The largest absolute Gasteiger partial charge is 0.0614 e. The second-order valence-electron chi connectivity index (χ2n) is 3.54. The molecule has 1 heteroatoms. The monoisotopic (exact) mass is 232 g/mol. The highest BCUT2D eigenvalue weighted by Crippen LogP contribution is 2.35. The number of halogens is 1. The molecule has 0 radical (unpaired) electrons. The zero-order chi connectivity index (χ0) is 8.84. The molecule has 0 N–H and O–H groups in total. The van der Waals surface area contributed by atoms with E-state index < -0.39 is 0 Å². The number of benzene rings is 2. The van der Waals surface area contributed by atoms with Gasteiger partial charge in [-0.15, -0.1) is 0 Å². The summed E-state index contributed by atoms with van der Waals surface area (Å²) in [6.07, 6.45) is 2.40. The molecular weight excluding hydrogens is 224 g/mol. The Morgan fingerprint density at radius 2 is 1.92 bits per heavy atom. The van der Waals surface area contributed by atoms with Gasteiger partial charge >= 0.3 is 0 Å². The van der Waals surface area contributed by atoms with E-state index in [0.29, 0.717) is 0 Å². The SMILES string of the molecule is Brc1ccc2cccc3c2c1CC3. The third-order valence-corrected chi connectivity index (χ3v) is 3.57. The maximum absolute atomic E-state index is 3.61. The van der Waals surface area contributed by atoms with Gasteiger partial charge in [0.2, 0.25) is 0 Å². The fourth-order valence-electron chi connectivity index (χ4n) is 2.22. The van der Waals surface area contributed by atoms with Crippen molar-refractivity contribution < 1.29 is 0 Å². The average molecular weight is 233 g/mol. The second kappa shape index (κ2) is 2.58. The van der Waals surface area contributed by atoms with Gasteiger partial charge in [-0.3, -0.25) is 0 Å². The van der Waals surface area contributed by atoms with E-state index >= 15 is 0 Å². The van der Waals surface area contributed by atoms with Crippen LogP contribution in [0.25, 0.3) is 10.8 Å². The lowest BCUT2D eigenvalue weighted by Crippen LogP contribution is -1.80. The van der Waals surface area contributed by atoms with Gasteiger partial charge in [-0.1, -0.05) is 40.2 Å². The Morgan fingerprint density at radius 3 is 2.85 bits per heavy atom. The first-order valence-corrected chi connectivity index (χ1v) is 5.34. The van der Waals surface area contributed by atoms with Crippen molar-refractivity contribution in [3.8, 4) is 0 Å². The molecule has 2 aromatic rings. The molecule has 1 aliphatic carbocycles. The van der Waals surface area contributed by atoms with Crippen LogP contribution in [0.4, 0.5) is 0 Å². The van der Waals surface area contributed by atoms with Crippen LogP contribution < -0.4 is 0 Å². The fourth-order valence-corrected chi connectivity index (χ4v) is 2.75. The van der Waals surface area contributed by atoms with Crippen LogP contribution in [0.1, 0.15) is 11.1 Å². The quantitative estimate of drug-likeness (QED) is 0.650. The van der Waals surface area contributed by atoms with Crippen molar-refractivity contribution in [1.29, 1.82) is 0 Å². The molecule has 0 bridgehead atoms. The lowest BCUT2D eigenvalue weighted by molar-refractivity contribution is 1.02. The molecule has 64 valence electrons. The maximum Gasteiger partial charge on any atom is 0.0213 e. The van der Waals surface area contributed by atoms with Crippen LogP contribution in [0.3, 0.4) is 0 Å². The first-order chi connectivity index (χ1) is 6.36. The van der Waals surface area contributed by atoms with E-state index in [1.165, 1.54) is 39.2 Å². The number of aryl methyl sites for hydroxylation is 2. The van der Waals surface area contributed by atoms with Crippen LogP contribution in [0.5, 0.6) is 0 Å². The molecule has 3 rings (SSSR count). The third kappa shape index (κ3) is 0.969. The van der Waals surface area contributed by atoms with Crippen LogP contribution in [0, 0.1) is 0 Å². The van der Waals surface area contributed by atoms with Crippen molar-refractivity contribution in [2.45, 2.75) is 12.8 Å². The predicted octanol–water partition coefficient (Wildman–Crippen LogP) is 3.70. The van der Waals surface area contributed by atoms with E-state index in [9.17, 15) is 0 Å². The van der Waals surface area contributed by atoms with Crippen molar-refractivity contribution in [3.63, 3.8) is 0 Å². The summed E-state index contributed by atoms with van der Waals surface area (Å²) in [4.78, 5) is 0. The Bertz CT molecular complexity index is 486. The zero-order valence-corrected chi connectivity index (χ0v) is 8.76. The van der Waals surface area contributed by atoms with Gasteiger partial charge < -0.3 is 0 Å². The van der Waals surface area contributed by atoms with Gasteiger partial charge in [-0.05, 0) is 40.8 Å². The van der Waals surface area contributed by atoms with Crippen LogP contribution in [0.15, 0.2) is 34.8 Å². The van der Waals surface area contributed by atoms with Gasteiger partial charge in [0.15, 0.2) is 0 Å². The van der Waals surface area contributed by atoms with Crippen molar-refractivity contribution in [2.24, 2.45) is 0 Å². The summed E-state index contributed by atoms with van der Waals surface area (Å²) in [6, 6.07) is 10.9. The number of hydrogen-bond acceptors (Lipinski definition) is 0. The number of rotatable bonds is 0. The maximum atomic E-state index is 3.61. The summed E-state index contributed by atoms with van der Waals surface area (Å²) in [5, 5.41) is 2.87. The van der Waals surface area contributed by atoms with Crippen LogP contribution in [0.2, 0.25) is 0 Å². The second-order valence-corrected chi connectivity index (χ2v) is 4.40. The standard InChI is InChI=1S/C12H9Br/c13-11-7-5-9-3-1-2-8-4-6-10(11)12(8)9/h1-3,5,7H,4,6H2. The first kappa shape index (κ1) is 7.57. The van der Waals surface area contributed by atoms with E-state index in [1.807, 2.05) is 0 Å². The normalized spacial score (nSPS) is 13.9. The molecule has 13 heavy (non-hydrogen) atoms. The molecule has 1 aliphatic rings. The Hall–Kier alpha value is -0.820. The van der Waals surface area contributed by atoms with Gasteiger partial charge in [-0.2, -0.15) is 0 Å². The van der Waals surface area contributed by atoms with Gasteiger partial charge in [-0.25, -0.2) is 0 Å². The van der Waals surface area contributed by atoms with Crippen molar-refractivity contribution in [2.75, 3.05) is 0 Å². The van der Waals surface area contributed by atoms with Crippen LogP contribution in [-0.2, 0) is 12.8 Å². The van der Waals surface area contributed by atoms with Gasteiger partial charge in [0.25, 0.3) is 0 Å². The summed E-state index contributed by atoms with van der Waals surface area (Å²) in [7, 11) is 0. The highest BCUT2D eigenvalue weighted by atomic mass is 79.9. The molecule has 0 saturated carbocycles. The van der Waals surface area contributed by atoms with Crippen LogP contribution >= 0.6 is 15.9 Å². The Balaban J connectivity index is 2.56. The molecule has 0 aliphatic heterocycles. The Kier molecular flexibility index (Phi) is 1.50. The van der Waals surface area contributed by atoms with Crippen molar-refractivity contribution >= 4 is 26.7 Å². The summed E-state index contributed by atoms with van der Waals surface area (Å²) in [5.41, 5.74) is 3.00. The molecule has 2 aromatic carbocycles. The molecule has 0 spiro atoms. The lowest BCUT2D eigenvalue weighted by Gasteiger charge is -2.02. The van der Waals surface area contributed by atoms with E-state index in [2.05, 4.69) is 46.3 Å². The topological polar surface area (TPSA) is 0 Å². The minimum Gasteiger partial charge on any atom is -0.0614 e. The molecule has 0 aromatic heterocycles. The summed E-state index contributed by atoms with van der Waals surface area (Å²) in [6.45, 7) is 0. The minimum absolute atomic E-state index is 1.19. The number of hydrogen-bond donors (Lipinski definition) is 0. The van der Waals surface area contributed by atoms with Gasteiger partial charge in [0.05, 0.1) is 0 Å². The first-order valence-electron chi connectivity index (χ1n) is 4.55. The van der Waals surface area contributed by atoms with E-state index in [1.54, 1.807) is 0 Å². The van der Waals surface area contributed by atoms with Crippen molar-refractivity contribution in [1.82, 2.24) is 0 Å². The predicted molar refractivity (Wildman–Crippen MR) is 59.1 cm³/mol. The van der Waals surface area contributed by atoms with Crippen molar-refractivity contribution in [3.05, 3.63) is 45.9 Å². The molecule has 0 heterocycles. The van der Waals surface area contributed by atoms with E-state index in [0.717, 1.165) is 0 Å². The van der Waals surface area contributed by atoms with Crippen LogP contribution in [-0.4, -0.2) is 0 Å². The highest BCUT2D eigenvalue weighted by molar-refractivity contribution is 9.10. The van der Waals surface area contributed by atoms with Gasteiger partial charge in [0, 0.05) is 4.47 Å². The minimum atomic E-state index is 1.19. The summed E-state index contributed by atoms with van der Waals surface area (Å²) in [5.74, 6) is 0. The molecule has 0 nitrogen and oxygen atoms in total. The molecule has 0 fully saturated rings. The molecule has 0 atom stereocenters. The smallest absolute Gasteiger partial charge is 0.0213 e. The molecule has 0 saturated heterocycles. The van der Waals surface area contributed by atoms with E-state index in [4.69, 9.17) is 0 Å². The molecule has 0 amide bonds. The summed E-state index contributed by atoms with van der Waals surface area (Å²) >= 11 is 3.61. The van der Waals surface area contributed by atoms with Gasteiger partial charge in [0.1, 0.15) is 0 Å². The molecule has 0 unspecified atom stereocenters. The Labute approximate surface area is 85.7 Å².